The van der Waals surface area contributed by atoms with Gasteiger partial charge in [0.05, 0.1) is 12.1 Å². The second kappa shape index (κ2) is 10.0. The van der Waals surface area contributed by atoms with Crippen molar-refractivity contribution in [2.45, 2.75) is 32.4 Å². The molecule has 4 nitrogen and oxygen atoms in total. The Labute approximate surface area is 197 Å². The van der Waals surface area contributed by atoms with Crippen molar-refractivity contribution in [3.8, 4) is 0 Å². The number of allylic oxidation sites excluding steroid dienone is 1. The summed E-state index contributed by atoms with van der Waals surface area (Å²) < 4.78 is 19.3. The number of amides is 1. The van der Waals surface area contributed by atoms with Crippen LogP contribution in [0.5, 0.6) is 0 Å². The maximum atomic E-state index is 13.7. The van der Waals surface area contributed by atoms with Crippen molar-refractivity contribution in [3.63, 3.8) is 0 Å². The highest BCUT2D eigenvalue weighted by molar-refractivity contribution is 6.30. The van der Waals surface area contributed by atoms with E-state index in [-0.39, 0.29) is 31.3 Å². The van der Waals surface area contributed by atoms with E-state index in [2.05, 4.69) is 0 Å². The molecule has 1 atom stereocenters. The molecule has 0 fully saturated rings. The zero-order chi connectivity index (χ0) is 23.4. The van der Waals surface area contributed by atoms with Crippen LogP contribution in [0.4, 0.5) is 4.39 Å². The maximum Gasteiger partial charge on any atom is 0.336 e. The van der Waals surface area contributed by atoms with E-state index in [0.29, 0.717) is 21.9 Å². The molecule has 0 aliphatic carbocycles. The molecule has 0 saturated carbocycles. The van der Waals surface area contributed by atoms with Gasteiger partial charge >= 0.3 is 5.97 Å². The van der Waals surface area contributed by atoms with Crippen molar-refractivity contribution in [3.05, 3.63) is 118 Å². The highest BCUT2D eigenvalue weighted by atomic mass is 35.5. The third-order valence-electron chi connectivity index (χ3n) is 5.74. The first-order valence-corrected chi connectivity index (χ1v) is 11.0. The molecule has 0 saturated heterocycles. The highest BCUT2D eigenvalue weighted by Crippen LogP contribution is 2.38. The first kappa shape index (κ1) is 22.7. The first-order valence-electron chi connectivity index (χ1n) is 10.6. The van der Waals surface area contributed by atoms with Gasteiger partial charge in [-0.1, -0.05) is 66.2 Å². The summed E-state index contributed by atoms with van der Waals surface area (Å²) in [6.07, 6.45) is 0.0861. The Morgan fingerprint density at radius 3 is 2.48 bits per heavy atom. The van der Waals surface area contributed by atoms with Gasteiger partial charge in [-0.15, -0.1) is 0 Å². The monoisotopic (exact) mass is 463 g/mol. The summed E-state index contributed by atoms with van der Waals surface area (Å²) in [5.74, 6) is -1.50. The van der Waals surface area contributed by atoms with Crippen LogP contribution in [-0.2, 0) is 27.5 Å². The minimum absolute atomic E-state index is 0.0861. The normalized spacial score (nSPS) is 16.2. The molecule has 0 bridgehead atoms. The lowest BCUT2D eigenvalue weighted by Gasteiger charge is -2.34. The molecule has 0 aromatic heterocycles. The van der Waals surface area contributed by atoms with E-state index in [1.165, 1.54) is 17.0 Å². The third-order valence-corrected chi connectivity index (χ3v) is 5.97. The summed E-state index contributed by atoms with van der Waals surface area (Å²) in [4.78, 5) is 27.9. The molecule has 33 heavy (non-hydrogen) atoms. The molecule has 168 valence electrons. The summed E-state index contributed by atoms with van der Waals surface area (Å²) >= 11 is 6.19. The molecule has 1 unspecified atom stereocenters. The summed E-state index contributed by atoms with van der Waals surface area (Å²) in [5.41, 5.74) is 3.18. The zero-order valence-corrected chi connectivity index (χ0v) is 18.9. The Morgan fingerprint density at radius 2 is 1.76 bits per heavy atom. The van der Waals surface area contributed by atoms with E-state index in [1.807, 2.05) is 36.4 Å². The van der Waals surface area contributed by atoms with Gasteiger partial charge in [-0.3, -0.25) is 4.79 Å². The molecule has 0 radical (unpaired) electrons. The third kappa shape index (κ3) is 5.32. The molecule has 0 spiro atoms. The number of esters is 1. The van der Waals surface area contributed by atoms with Crippen molar-refractivity contribution in [2.75, 3.05) is 0 Å². The van der Waals surface area contributed by atoms with Gasteiger partial charge in [0.2, 0.25) is 5.91 Å². The molecular weight excluding hydrogens is 441 g/mol. The van der Waals surface area contributed by atoms with Crippen LogP contribution in [0.2, 0.25) is 5.02 Å². The van der Waals surface area contributed by atoms with Gasteiger partial charge in [0.15, 0.2) is 0 Å². The molecule has 4 rings (SSSR count). The predicted octanol–water partition coefficient (Wildman–Crippen LogP) is 6.01. The van der Waals surface area contributed by atoms with E-state index in [0.717, 1.165) is 11.1 Å². The fourth-order valence-corrected chi connectivity index (χ4v) is 4.29. The number of nitrogens with zero attached hydrogens (tertiary/aromatic N) is 1. The molecule has 1 heterocycles. The number of halogens is 2. The van der Waals surface area contributed by atoms with Crippen LogP contribution in [-0.4, -0.2) is 16.8 Å². The SMILES string of the molecule is CC1=C(C(=O)OCc2ccccc2)C(c2cccc(Cl)c2)CC(=O)N1Cc1cccc(F)c1. The smallest absolute Gasteiger partial charge is 0.336 e. The Hall–Kier alpha value is -3.44. The molecular formula is C27H23ClFNO3. The lowest BCUT2D eigenvalue weighted by molar-refractivity contribution is -0.141. The van der Waals surface area contributed by atoms with Crippen LogP contribution in [0, 0.1) is 5.82 Å². The minimum Gasteiger partial charge on any atom is -0.457 e. The van der Waals surface area contributed by atoms with Gasteiger partial charge in [-0.05, 0) is 47.9 Å². The van der Waals surface area contributed by atoms with Crippen molar-refractivity contribution < 1.29 is 18.7 Å². The Bertz CT molecular complexity index is 1210. The number of ether oxygens (including phenoxy) is 1. The van der Waals surface area contributed by atoms with Crippen molar-refractivity contribution in [2.24, 2.45) is 0 Å². The molecule has 3 aromatic carbocycles. The summed E-state index contributed by atoms with van der Waals surface area (Å²) in [5, 5.41) is 0.525. The van der Waals surface area contributed by atoms with Crippen molar-refractivity contribution in [1.29, 1.82) is 0 Å². The first-order chi connectivity index (χ1) is 15.9. The molecule has 3 aromatic rings. The number of carbonyl (C=O) groups is 2. The van der Waals surface area contributed by atoms with Crippen molar-refractivity contribution in [1.82, 2.24) is 4.90 Å². The summed E-state index contributed by atoms with van der Waals surface area (Å²) in [6.45, 7) is 2.02. The molecule has 1 amide bonds. The Morgan fingerprint density at radius 1 is 1.03 bits per heavy atom. The van der Waals surface area contributed by atoms with Gasteiger partial charge < -0.3 is 9.64 Å². The van der Waals surface area contributed by atoms with Crippen LogP contribution in [0.1, 0.15) is 36.0 Å². The number of hydrogen-bond donors (Lipinski definition) is 0. The van der Waals surface area contributed by atoms with Gasteiger partial charge in [0.1, 0.15) is 12.4 Å². The van der Waals surface area contributed by atoms with E-state index >= 15 is 0 Å². The molecule has 1 aliphatic heterocycles. The Kier molecular flexibility index (Phi) is 6.90. The van der Waals surface area contributed by atoms with Gasteiger partial charge in [0, 0.05) is 23.1 Å². The van der Waals surface area contributed by atoms with E-state index in [4.69, 9.17) is 16.3 Å². The fourth-order valence-electron chi connectivity index (χ4n) is 4.09. The molecule has 1 aliphatic rings. The van der Waals surface area contributed by atoms with Crippen LogP contribution >= 0.6 is 11.6 Å². The van der Waals surface area contributed by atoms with Gasteiger partial charge in [-0.25, -0.2) is 9.18 Å². The van der Waals surface area contributed by atoms with E-state index in [9.17, 15) is 14.0 Å². The average Bonchev–Trinajstić information content (AvgIpc) is 2.80. The van der Waals surface area contributed by atoms with E-state index < -0.39 is 11.9 Å². The number of benzene rings is 3. The molecule has 6 heteroatoms. The quantitative estimate of drug-likeness (QED) is 0.420. The molecule has 0 N–H and O–H groups in total. The lowest BCUT2D eigenvalue weighted by Crippen LogP contribution is -2.38. The fraction of sp³-hybridized carbons (Fsp3) is 0.185. The van der Waals surface area contributed by atoms with Crippen LogP contribution in [0.25, 0.3) is 0 Å². The standard InChI is InChI=1S/C27H23ClFNO3/c1-18-26(27(32)33-17-19-7-3-2-4-8-19)24(21-10-6-11-22(28)14-21)15-25(31)30(18)16-20-9-5-12-23(29)13-20/h2-14,24H,15-17H2,1H3. The van der Waals surface area contributed by atoms with Gasteiger partial charge in [-0.2, -0.15) is 0 Å². The average molecular weight is 464 g/mol. The van der Waals surface area contributed by atoms with Crippen LogP contribution in [0.3, 0.4) is 0 Å². The number of carbonyl (C=O) groups excluding carboxylic acids is 2. The summed E-state index contributed by atoms with van der Waals surface area (Å²) in [7, 11) is 0. The Balaban J connectivity index is 1.69. The largest absolute Gasteiger partial charge is 0.457 e. The highest BCUT2D eigenvalue weighted by Gasteiger charge is 2.37. The number of rotatable bonds is 6. The lowest BCUT2D eigenvalue weighted by atomic mass is 9.83. The second-order valence-electron chi connectivity index (χ2n) is 7.98. The summed E-state index contributed by atoms with van der Waals surface area (Å²) in [6, 6.07) is 22.6. The number of hydrogen-bond acceptors (Lipinski definition) is 3. The van der Waals surface area contributed by atoms with Crippen molar-refractivity contribution >= 4 is 23.5 Å². The van der Waals surface area contributed by atoms with Gasteiger partial charge in [0.25, 0.3) is 0 Å². The predicted molar refractivity (Wildman–Crippen MR) is 125 cm³/mol. The second-order valence-corrected chi connectivity index (χ2v) is 8.42. The minimum atomic E-state index is -0.488. The topological polar surface area (TPSA) is 46.6 Å². The van der Waals surface area contributed by atoms with Crippen LogP contribution in [0.15, 0.2) is 90.1 Å². The maximum absolute atomic E-state index is 13.7. The van der Waals surface area contributed by atoms with E-state index in [1.54, 1.807) is 37.3 Å². The van der Waals surface area contributed by atoms with Crippen LogP contribution < -0.4 is 0 Å². The zero-order valence-electron chi connectivity index (χ0n) is 18.1.